The number of likely N-dealkylation sites (N-methyl/N-ethyl adjacent to an activating group) is 3. The molecular formula is C36H57N3O12. The molecule has 6 N–H and O–H groups in total. The fraction of sp³-hybridized carbons (Fsp3) is 0.417. The lowest BCUT2D eigenvalue weighted by Gasteiger charge is -2.21. The van der Waals surface area contributed by atoms with Crippen LogP contribution in [0.3, 0.4) is 0 Å². The first kappa shape index (κ1) is 50.6. The summed E-state index contributed by atoms with van der Waals surface area (Å²) in [4.78, 5) is 30.7. The molecule has 0 amide bonds. The van der Waals surface area contributed by atoms with Gasteiger partial charge in [0.15, 0.2) is 0 Å². The molecule has 0 aromatic heterocycles. The highest BCUT2D eigenvalue weighted by Gasteiger charge is 2.04. The lowest BCUT2D eigenvalue weighted by Crippen LogP contribution is -2.36. The molecule has 0 saturated heterocycles. The fourth-order valence-corrected chi connectivity index (χ4v) is 2.83. The van der Waals surface area contributed by atoms with Crippen LogP contribution in [0, 0.1) is 0 Å². The van der Waals surface area contributed by atoms with E-state index in [2.05, 4.69) is 63.4 Å². The highest BCUT2D eigenvalue weighted by molar-refractivity contribution is 5.91. The number of hydrogen-bond acceptors (Lipinski definition) is 9. The van der Waals surface area contributed by atoms with Crippen molar-refractivity contribution in [3.63, 3.8) is 0 Å². The topological polar surface area (TPSA) is 242 Å². The minimum atomic E-state index is -1.18. The maximum atomic E-state index is 10.7. The standard InChI is InChI=1S/3C7H6O3.3C5H14NO/c3*8-6-4-2-1-3-5(6)7(9)10;3*1-6(2,3)4-5-7/h3*1-4,8H,(H,9,10);3*7H,4-5H2,1-3H3/q;;;3*+1/p-3. The van der Waals surface area contributed by atoms with E-state index in [1.165, 1.54) is 72.8 Å². The lowest BCUT2D eigenvalue weighted by molar-refractivity contribution is -0.870. The molecule has 3 rings (SSSR count). The van der Waals surface area contributed by atoms with Gasteiger partial charge in [-0.25, -0.2) is 14.4 Å². The Balaban J connectivity index is -0.000000548. The number of aliphatic hydroxyl groups excluding tert-OH is 3. The predicted octanol–water partition coefficient (Wildman–Crippen LogP) is 0.430. The number of rotatable bonds is 9. The molecule has 0 fully saturated rings. The molecule has 0 saturated carbocycles. The second-order valence-electron chi connectivity index (χ2n) is 13.6. The second-order valence-corrected chi connectivity index (χ2v) is 13.6. The van der Waals surface area contributed by atoms with Gasteiger partial charge in [0.25, 0.3) is 0 Å². The first-order valence-electron chi connectivity index (χ1n) is 15.5. The Labute approximate surface area is 301 Å². The van der Waals surface area contributed by atoms with Gasteiger partial charge >= 0.3 is 17.9 Å². The number of quaternary nitrogens is 3. The Morgan fingerprint density at radius 1 is 0.431 bits per heavy atom. The molecule has 3 aromatic carbocycles. The summed E-state index contributed by atoms with van der Waals surface area (Å²) < 4.78 is 2.53. The number of benzene rings is 3. The van der Waals surface area contributed by atoms with Crippen molar-refractivity contribution in [3.05, 3.63) is 89.5 Å². The third kappa shape index (κ3) is 31.0. The zero-order valence-corrected chi connectivity index (χ0v) is 31.1. The van der Waals surface area contributed by atoms with E-state index in [-0.39, 0.29) is 36.5 Å². The molecule has 0 unspecified atom stereocenters. The van der Waals surface area contributed by atoms with Gasteiger partial charge in [-0.05, 0) is 18.2 Å². The molecule has 51 heavy (non-hydrogen) atoms. The van der Waals surface area contributed by atoms with Crippen LogP contribution in [0.5, 0.6) is 17.2 Å². The first-order chi connectivity index (χ1) is 23.3. The maximum Gasteiger partial charge on any atom is 0.335 e. The van der Waals surface area contributed by atoms with Crippen molar-refractivity contribution in [3.8, 4) is 17.2 Å². The Bertz CT molecular complexity index is 1240. The normalized spacial score (nSPS) is 10.4. The van der Waals surface area contributed by atoms with E-state index >= 15 is 0 Å². The summed E-state index contributed by atoms with van der Waals surface area (Å²) in [6.45, 7) is 3.34. The molecule has 0 aliphatic carbocycles. The minimum absolute atomic E-state index is 0.178. The van der Waals surface area contributed by atoms with Gasteiger partial charge in [0, 0.05) is 0 Å². The highest BCUT2D eigenvalue weighted by Crippen LogP contribution is 2.12. The van der Waals surface area contributed by atoms with Crippen molar-refractivity contribution in [2.75, 3.05) is 103 Å². The lowest BCUT2D eigenvalue weighted by atomic mass is 10.2. The van der Waals surface area contributed by atoms with Crippen LogP contribution < -0.4 is 15.3 Å². The van der Waals surface area contributed by atoms with Gasteiger partial charge in [0.2, 0.25) is 0 Å². The van der Waals surface area contributed by atoms with Crippen molar-refractivity contribution < 1.29 is 73.8 Å². The maximum absolute atomic E-state index is 10.7. The number of para-hydroxylation sites is 3. The number of hydrogen-bond donors (Lipinski definition) is 6. The third-order valence-electron chi connectivity index (χ3n) is 5.66. The van der Waals surface area contributed by atoms with E-state index in [0.29, 0.717) is 0 Å². The third-order valence-corrected chi connectivity index (χ3v) is 5.66. The summed E-state index contributed by atoms with van der Waals surface area (Å²) in [5, 5.41) is 82.3. The molecule has 0 aliphatic rings. The van der Waals surface area contributed by atoms with Gasteiger partial charge in [0.05, 0.1) is 99.9 Å². The average Bonchev–Trinajstić information content (AvgIpc) is 2.97. The molecule has 0 bridgehead atoms. The Hall–Kier alpha value is -4.77. The van der Waals surface area contributed by atoms with Crippen LogP contribution in [0.1, 0.15) is 31.1 Å². The number of aliphatic hydroxyl groups is 3. The van der Waals surface area contributed by atoms with Gasteiger partial charge < -0.3 is 59.4 Å². The molecule has 3 aromatic rings. The summed E-state index contributed by atoms with van der Waals surface area (Å²) in [6, 6.07) is 16.6. The van der Waals surface area contributed by atoms with E-state index in [1.807, 2.05) is 0 Å². The van der Waals surface area contributed by atoms with Crippen molar-refractivity contribution in [1.29, 1.82) is 0 Å². The molecule has 0 spiro atoms. The van der Waals surface area contributed by atoms with E-state index in [0.717, 1.165) is 33.1 Å². The van der Waals surface area contributed by atoms with Gasteiger partial charge in [-0.15, -0.1) is 0 Å². The molecule has 0 heterocycles. The smallest absolute Gasteiger partial charge is 0.335 e. The van der Waals surface area contributed by atoms with E-state index in [9.17, 15) is 29.7 Å². The molecule has 0 atom stereocenters. The minimum Gasteiger partial charge on any atom is -0.872 e. The number of aromatic carboxylic acids is 3. The molecule has 288 valence electrons. The molecule has 0 aliphatic heterocycles. The zero-order valence-electron chi connectivity index (χ0n) is 31.1. The van der Waals surface area contributed by atoms with Crippen LogP contribution in [0.25, 0.3) is 0 Å². The first-order valence-corrected chi connectivity index (χ1v) is 15.5. The molecule has 0 radical (unpaired) electrons. The number of carbonyl (C=O) groups is 3. The van der Waals surface area contributed by atoms with Crippen LogP contribution in [0.2, 0.25) is 0 Å². The SMILES string of the molecule is C[N+](C)(C)CCO.C[N+](C)(C)CCO.C[N+](C)(C)CCO.O=C(O)c1ccccc1[O-].O=C(O)c1ccccc1[O-].O=C(O)c1ccccc1[O-]. The number of nitrogens with zero attached hydrogens (tertiary/aromatic N) is 3. The predicted molar refractivity (Wildman–Crippen MR) is 188 cm³/mol. The zero-order chi connectivity index (χ0) is 40.4. The van der Waals surface area contributed by atoms with Crippen LogP contribution >= 0.6 is 0 Å². The van der Waals surface area contributed by atoms with Gasteiger partial charge in [0.1, 0.15) is 19.6 Å². The summed E-state index contributed by atoms with van der Waals surface area (Å²) in [5.41, 5.74) is -0.535. The summed E-state index contributed by atoms with van der Waals surface area (Å²) in [6.07, 6.45) is 0. The van der Waals surface area contributed by atoms with Crippen LogP contribution in [0.4, 0.5) is 0 Å². The van der Waals surface area contributed by atoms with Crippen molar-refractivity contribution in [2.24, 2.45) is 0 Å². The summed E-state index contributed by atoms with van der Waals surface area (Å²) in [5.74, 6) is -4.87. The molecular weight excluding hydrogens is 666 g/mol. The largest absolute Gasteiger partial charge is 0.872 e. The average molecular weight is 724 g/mol. The second kappa shape index (κ2) is 26.1. The van der Waals surface area contributed by atoms with Gasteiger partial charge in [-0.1, -0.05) is 71.8 Å². The van der Waals surface area contributed by atoms with Gasteiger partial charge in [-0.2, -0.15) is 0 Å². The van der Waals surface area contributed by atoms with Gasteiger partial charge in [-0.3, -0.25) is 0 Å². The molecule has 15 heteroatoms. The van der Waals surface area contributed by atoms with E-state index < -0.39 is 35.2 Å². The van der Waals surface area contributed by atoms with Crippen molar-refractivity contribution >= 4 is 17.9 Å². The fourth-order valence-electron chi connectivity index (χ4n) is 2.83. The molecule has 15 nitrogen and oxygen atoms in total. The van der Waals surface area contributed by atoms with Crippen molar-refractivity contribution in [1.82, 2.24) is 0 Å². The van der Waals surface area contributed by atoms with Crippen LogP contribution in [-0.4, -0.2) is 165 Å². The number of carboxylic acids is 3. The Kier molecular flexibility index (Phi) is 25.9. The quantitative estimate of drug-likeness (QED) is 0.165. The van der Waals surface area contributed by atoms with Crippen molar-refractivity contribution in [2.45, 2.75) is 0 Å². The Morgan fingerprint density at radius 3 is 0.686 bits per heavy atom. The summed E-state index contributed by atoms with van der Waals surface area (Å²) in [7, 11) is 18.5. The highest BCUT2D eigenvalue weighted by atomic mass is 16.4. The van der Waals surface area contributed by atoms with Crippen LogP contribution in [-0.2, 0) is 0 Å². The summed E-state index contributed by atoms with van der Waals surface area (Å²) >= 11 is 0. The number of carboxylic acid groups (broad SMARTS) is 3. The van der Waals surface area contributed by atoms with E-state index in [4.69, 9.17) is 30.6 Å². The van der Waals surface area contributed by atoms with E-state index in [1.54, 1.807) is 0 Å². The van der Waals surface area contributed by atoms with Crippen LogP contribution in [0.15, 0.2) is 72.8 Å². The monoisotopic (exact) mass is 723 g/mol. The Morgan fingerprint density at radius 2 is 0.608 bits per heavy atom.